The van der Waals surface area contributed by atoms with Crippen molar-refractivity contribution < 1.29 is 62.1 Å². The maximum atomic E-state index is 15.0. The number of urea groups is 1. The summed E-state index contributed by atoms with van der Waals surface area (Å²) in [6, 6.07) is -1.66. The minimum Gasteiger partial charge on any atom is -0.534 e. The van der Waals surface area contributed by atoms with E-state index in [1.807, 2.05) is 5.32 Å². The van der Waals surface area contributed by atoms with Crippen molar-refractivity contribution in [3.05, 3.63) is 52.3 Å². The van der Waals surface area contributed by atoms with E-state index in [0.29, 0.717) is 4.90 Å². The first-order chi connectivity index (χ1) is 20.3. The zero-order valence-electron chi connectivity index (χ0n) is 21.8. The molecule has 2 heterocycles. The third kappa shape index (κ3) is 5.84. The Morgan fingerprint density at radius 2 is 1.81 bits per heavy atom. The number of imide groups is 1. The largest absolute Gasteiger partial charge is 0.547 e. The van der Waals surface area contributed by atoms with E-state index in [9.17, 15) is 53.1 Å². The van der Waals surface area contributed by atoms with E-state index in [1.165, 1.54) is 0 Å². The van der Waals surface area contributed by atoms with Gasteiger partial charge in [-0.3, -0.25) is 19.3 Å². The van der Waals surface area contributed by atoms with Crippen LogP contribution in [0.15, 0.2) is 18.2 Å². The average Bonchev–Trinajstić information content (AvgIpc) is 2.94. The fourth-order valence-electron chi connectivity index (χ4n) is 4.61. The molecule has 2 aliphatic rings. The fourth-order valence-corrected chi connectivity index (χ4v) is 4.61. The minimum atomic E-state index is -2.39. The van der Waals surface area contributed by atoms with Crippen LogP contribution in [0.2, 0.25) is 0 Å². The normalized spacial score (nSPS) is 17.2. The average molecular weight is 609 g/mol. The van der Waals surface area contributed by atoms with E-state index in [1.54, 1.807) is 0 Å². The summed E-state index contributed by atoms with van der Waals surface area (Å²) in [5.74, 6) is -14.9. The first-order valence-corrected chi connectivity index (χ1v) is 12.5. The molecular weight excluding hydrogens is 586 g/mol. The number of carbonyl (C=O) groups excluding carboxylic acids is 4. The minimum absolute atomic E-state index is 0.00375. The van der Waals surface area contributed by atoms with Crippen molar-refractivity contribution in [2.45, 2.75) is 18.4 Å². The first kappa shape index (κ1) is 30.9. The molecule has 2 unspecified atom stereocenters. The number of phenols is 2. The number of carbonyl (C=O) groups is 5. The summed E-state index contributed by atoms with van der Waals surface area (Å²) in [6.45, 7) is -0.502. The van der Waals surface area contributed by atoms with Gasteiger partial charge in [0.2, 0.25) is 5.91 Å². The molecule has 2 atom stereocenters. The number of carboxylic acids is 1. The van der Waals surface area contributed by atoms with Gasteiger partial charge in [0.25, 0.3) is 0 Å². The summed E-state index contributed by atoms with van der Waals surface area (Å²) in [6.07, 6.45) is -0.384. The lowest BCUT2D eigenvalue weighted by Gasteiger charge is -2.33. The maximum Gasteiger partial charge on any atom is 0.547 e. The Hall–Kier alpha value is -5.04. The standard InChI is InChI=1S/C24H23BF3N5O10/c26-10-2-1-9-7-13(25(42)43-19(9)15(10)23(39)40)30-20(36)17(14-11(27)8-12(34)18(35)16(14)28)31-24(41)33-6-5-32(4-3-29)21(37)22(33)38/h1-2,8,13,17,34-35,42H,3-7,29H2,(H,30,36)(H,31,41)(H,39,40). The van der Waals surface area contributed by atoms with E-state index in [2.05, 4.69) is 5.32 Å². The van der Waals surface area contributed by atoms with Crippen LogP contribution in [-0.2, 0) is 20.8 Å². The molecule has 0 bridgehead atoms. The van der Waals surface area contributed by atoms with Crippen LogP contribution in [0.5, 0.6) is 17.2 Å². The number of hydrogen-bond acceptors (Lipinski definition) is 10. The number of hydrogen-bond donors (Lipinski definition) is 7. The van der Waals surface area contributed by atoms with Crippen LogP contribution in [0, 0.1) is 17.5 Å². The molecule has 0 saturated carbocycles. The number of halogens is 3. The zero-order valence-corrected chi connectivity index (χ0v) is 21.8. The topological polar surface area (TPSA) is 232 Å². The Labute approximate surface area is 239 Å². The monoisotopic (exact) mass is 609 g/mol. The van der Waals surface area contributed by atoms with Crippen molar-refractivity contribution in [2.75, 3.05) is 26.2 Å². The molecule has 2 aromatic rings. The summed E-state index contributed by atoms with van der Waals surface area (Å²) in [5, 5.41) is 43.3. The highest BCUT2D eigenvalue weighted by Crippen LogP contribution is 2.36. The molecule has 4 rings (SSSR count). The molecule has 0 radical (unpaired) electrons. The Morgan fingerprint density at radius 3 is 2.47 bits per heavy atom. The van der Waals surface area contributed by atoms with Crippen LogP contribution >= 0.6 is 0 Å². The molecule has 2 aliphatic heterocycles. The van der Waals surface area contributed by atoms with Crippen LogP contribution in [-0.4, -0.2) is 99.1 Å². The maximum absolute atomic E-state index is 15.0. The number of nitrogens with two attached hydrogens (primary N) is 1. The van der Waals surface area contributed by atoms with Crippen LogP contribution < -0.4 is 21.0 Å². The molecule has 1 fully saturated rings. The first-order valence-electron chi connectivity index (χ1n) is 12.5. The summed E-state index contributed by atoms with van der Waals surface area (Å²) in [5.41, 5.74) is 3.24. The second-order valence-corrected chi connectivity index (χ2v) is 9.42. The lowest BCUT2D eigenvalue weighted by molar-refractivity contribution is -0.153. The molecule has 1 saturated heterocycles. The number of amides is 5. The Morgan fingerprint density at radius 1 is 1.12 bits per heavy atom. The Balaban J connectivity index is 1.64. The molecule has 43 heavy (non-hydrogen) atoms. The van der Waals surface area contributed by atoms with Gasteiger partial charge in [0.05, 0.1) is 11.5 Å². The highest BCUT2D eigenvalue weighted by atomic mass is 19.1. The van der Waals surface area contributed by atoms with Crippen molar-refractivity contribution >= 4 is 36.8 Å². The van der Waals surface area contributed by atoms with Crippen LogP contribution in [0.3, 0.4) is 0 Å². The Kier molecular flexibility index (Phi) is 8.67. The van der Waals surface area contributed by atoms with Gasteiger partial charge >= 0.3 is 30.9 Å². The third-order valence-electron chi connectivity index (χ3n) is 6.73. The van der Waals surface area contributed by atoms with Gasteiger partial charge in [-0.25, -0.2) is 22.8 Å². The van der Waals surface area contributed by atoms with E-state index in [0.717, 1.165) is 17.0 Å². The van der Waals surface area contributed by atoms with Gasteiger partial charge in [0, 0.05) is 32.2 Å². The van der Waals surface area contributed by atoms with E-state index >= 15 is 4.39 Å². The zero-order chi connectivity index (χ0) is 31.7. The summed E-state index contributed by atoms with van der Waals surface area (Å²) in [4.78, 5) is 64.2. The summed E-state index contributed by atoms with van der Waals surface area (Å²) in [7, 11) is -2.02. The highest BCUT2D eigenvalue weighted by Gasteiger charge is 2.43. The highest BCUT2D eigenvalue weighted by molar-refractivity contribution is 6.47. The number of nitrogens with zero attached hydrogens (tertiary/aromatic N) is 2. The number of piperazine rings is 1. The van der Waals surface area contributed by atoms with E-state index in [4.69, 9.17) is 10.4 Å². The molecule has 15 nitrogen and oxygen atoms in total. The van der Waals surface area contributed by atoms with Crippen LogP contribution in [0.4, 0.5) is 18.0 Å². The van der Waals surface area contributed by atoms with Crippen LogP contribution in [0.1, 0.15) is 27.5 Å². The second kappa shape index (κ2) is 12.1. The molecule has 0 aliphatic carbocycles. The molecule has 8 N–H and O–H groups in total. The summed E-state index contributed by atoms with van der Waals surface area (Å²) >= 11 is 0. The van der Waals surface area contributed by atoms with E-state index < -0.39 is 94.7 Å². The molecular formula is C24H23BF3N5O10. The predicted octanol–water partition coefficient (Wildman–Crippen LogP) is -1.27. The number of aromatic hydroxyl groups is 2. The van der Waals surface area contributed by atoms with Crippen molar-refractivity contribution in [1.82, 2.24) is 20.4 Å². The van der Waals surface area contributed by atoms with Crippen molar-refractivity contribution in [1.29, 1.82) is 0 Å². The SMILES string of the molecule is NCCN1CCN(C(=O)NC(C(=O)NC2Cc3ccc(F)c(C(=O)O)c3OB2O)c2c(F)cc(O)c(O)c2F)C(=O)C1=O. The molecule has 228 valence electrons. The third-order valence-corrected chi connectivity index (χ3v) is 6.73. The number of rotatable bonds is 7. The Bertz CT molecular complexity index is 1530. The second-order valence-electron chi connectivity index (χ2n) is 9.42. The molecule has 19 heteroatoms. The van der Waals surface area contributed by atoms with E-state index in [-0.39, 0.29) is 44.2 Å². The summed E-state index contributed by atoms with van der Waals surface area (Å²) < 4.78 is 49.1. The lowest BCUT2D eigenvalue weighted by Crippen LogP contribution is -2.60. The van der Waals surface area contributed by atoms with Crippen molar-refractivity contribution in [3.8, 4) is 17.2 Å². The van der Waals surface area contributed by atoms with Gasteiger partial charge in [-0.15, -0.1) is 0 Å². The quantitative estimate of drug-likeness (QED) is 0.111. The molecule has 5 amide bonds. The fraction of sp³-hybridized carbons (Fsp3) is 0.292. The molecule has 0 spiro atoms. The predicted molar refractivity (Wildman–Crippen MR) is 136 cm³/mol. The number of carboxylic acid groups (broad SMARTS) is 1. The molecule has 2 aromatic carbocycles. The van der Waals surface area contributed by atoms with Crippen LogP contribution in [0.25, 0.3) is 0 Å². The number of nitrogens with one attached hydrogen (secondary N) is 2. The number of benzene rings is 2. The molecule has 0 aromatic heterocycles. The number of fused-ring (bicyclic) bond motifs is 1. The van der Waals surface area contributed by atoms with Gasteiger partial charge < -0.3 is 46.3 Å². The van der Waals surface area contributed by atoms with Gasteiger partial charge in [-0.1, -0.05) is 6.07 Å². The van der Waals surface area contributed by atoms with Gasteiger partial charge in [-0.2, -0.15) is 0 Å². The number of phenolic OH excluding ortho intramolecular Hbond substituents is 2. The van der Waals surface area contributed by atoms with Gasteiger partial charge in [-0.05, 0) is 18.1 Å². The van der Waals surface area contributed by atoms with Crippen molar-refractivity contribution in [2.24, 2.45) is 5.73 Å². The van der Waals surface area contributed by atoms with Gasteiger partial charge in [0.15, 0.2) is 17.3 Å². The lowest BCUT2D eigenvalue weighted by atomic mass is 9.72. The smallest absolute Gasteiger partial charge is 0.534 e. The van der Waals surface area contributed by atoms with Gasteiger partial charge in [0.1, 0.15) is 29.0 Å². The van der Waals surface area contributed by atoms with Crippen molar-refractivity contribution in [3.63, 3.8) is 0 Å². The number of aromatic carboxylic acids is 1.